The molecule has 2 heterocycles. The van der Waals surface area contributed by atoms with Crippen LogP contribution in [0, 0.1) is 5.82 Å². The average Bonchev–Trinajstić information content (AvgIpc) is 3.08. The highest BCUT2D eigenvalue weighted by Crippen LogP contribution is 2.27. The van der Waals surface area contributed by atoms with E-state index in [2.05, 4.69) is 15.3 Å². The molecule has 19 heavy (non-hydrogen) atoms. The number of anilines is 2. The monoisotopic (exact) mass is 260 g/mol. The number of nitrogens with zero attached hydrogens (tertiary/aromatic N) is 3. The number of aromatic nitrogens is 2. The van der Waals surface area contributed by atoms with E-state index in [9.17, 15) is 4.39 Å². The summed E-state index contributed by atoms with van der Waals surface area (Å²) in [6.07, 6.45) is 4.92. The standard InChI is InChI=1S/C14H17FN4/c1-16-12-8-17-19(9-12)14-6-7-18(10-14)13-4-2-11(15)3-5-13/h2-5,8-9,14,16H,6-7,10H2,1H3/t14-/m1/s1. The summed E-state index contributed by atoms with van der Waals surface area (Å²) in [6, 6.07) is 7.07. The Balaban J connectivity index is 1.71. The third kappa shape index (κ3) is 2.41. The first-order valence-corrected chi connectivity index (χ1v) is 6.48. The van der Waals surface area contributed by atoms with Crippen LogP contribution in [-0.4, -0.2) is 29.9 Å². The minimum absolute atomic E-state index is 0.190. The summed E-state index contributed by atoms with van der Waals surface area (Å²) in [7, 11) is 1.89. The van der Waals surface area contributed by atoms with Gasteiger partial charge in [0.15, 0.2) is 0 Å². The molecule has 1 N–H and O–H groups in total. The molecule has 1 aliphatic heterocycles. The molecule has 1 aromatic heterocycles. The molecule has 5 heteroatoms. The zero-order chi connectivity index (χ0) is 13.2. The van der Waals surface area contributed by atoms with Crippen LogP contribution in [0.2, 0.25) is 0 Å². The van der Waals surface area contributed by atoms with Crippen molar-refractivity contribution in [3.8, 4) is 0 Å². The van der Waals surface area contributed by atoms with E-state index in [0.717, 1.165) is 30.9 Å². The molecule has 0 aliphatic carbocycles. The van der Waals surface area contributed by atoms with Gasteiger partial charge < -0.3 is 10.2 Å². The van der Waals surface area contributed by atoms with Gasteiger partial charge in [-0.1, -0.05) is 0 Å². The van der Waals surface area contributed by atoms with Gasteiger partial charge in [-0.2, -0.15) is 5.10 Å². The van der Waals surface area contributed by atoms with Gasteiger partial charge in [-0.25, -0.2) is 4.39 Å². The Morgan fingerprint density at radius 1 is 1.32 bits per heavy atom. The lowest BCUT2D eigenvalue weighted by atomic mass is 10.3. The van der Waals surface area contributed by atoms with E-state index < -0.39 is 0 Å². The highest BCUT2D eigenvalue weighted by molar-refractivity contribution is 5.47. The van der Waals surface area contributed by atoms with Crippen molar-refractivity contribution in [3.63, 3.8) is 0 Å². The predicted molar refractivity (Wildman–Crippen MR) is 74.0 cm³/mol. The van der Waals surface area contributed by atoms with Crippen molar-refractivity contribution in [2.24, 2.45) is 0 Å². The maximum Gasteiger partial charge on any atom is 0.123 e. The molecule has 1 aliphatic rings. The van der Waals surface area contributed by atoms with E-state index in [1.807, 2.05) is 36.3 Å². The summed E-state index contributed by atoms with van der Waals surface area (Å²) in [4.78, 5) is 2.27. The van der Waals surface area contributed by atoms with Gasteiger partial charge in [0.05, 0.1) is 17.9 Å². The first-order valence-electron chi connectivity index (χ1n) is 6.48. The molecule has 0 saturated carbocycles. The smallest absolute Gasteiger partial charge is 0.123 e. The molecule has 0 spiro atoms. The van der Waals surface area contributed by atoms with E-state index >= 15 is 0 Å². The first kappa shape index (κ1) is 12.0. The van der Waals surface area contributed by atoms with Crippen LogP contribution in [0.15, 0.2) is 36.7 Å². The Hall–Kier alpha value is -2.04. The van der Waals surface area contributed by atoms with Gasteiger partial charge >= 0.3 is 0 Å². The third-order valence-electron chi connectivity index (χ3n) is 3.62. The average molecular weight is 260 g/mol. The molecule has 0 bridgehead atoms. The first-order chi connectivity index (χ1) is 9.26. The van der Waals surface area contributed by atoms with Gasteiger partial charge in [-0.3, -0.25) is 4.68 Å². The lowest BCUT2D eigenvalue weighted by molar-refractivity contribution is 0.495. The zero-order valence-electron chi connectivity index (χ0n) is 10.9. The Bertz CT molecular complexity index is 549. The Morgan fingerprint density at radius 2 is 2.11 bits per heavy atom. The summed E-state index contributed by atoms with van der Waals surface area (Å²) < 4.78 is 14.9. The van der Waals surface area contributed by atoms with Crippen LogP contribution >= 0.6 is 0 Å². The second kappa shape index (κ2) is 4.91. The number of rotatable bonds is 3. The van der Waals surface area contributed by atoms with Crippen LogP contribution in [0.1, 0.15) is 12.5 Å². The third-order valence-corrected chi connectivity index (χ3v) is 3.62. The number of benzene rings is 1. The highest BCUT2D eigenvalue weighted by Gasteiger charge is 2.24. The summed E-state index contributed by atoms with van der Waals surface area (Å²) in [5.74, 6) is -0.190. The van der Waals surface area contributed by atoms with Crippen molar-refractivity contribution < 1.29 is 4.39 Å². The second-order valence-electron chi connectivity index (χ2n) is 4.82. The molecule has 4 nitrogen and oxygen atoms in total. The predicted octanol–water partition coefficient (Wildman–Crippen LogP) is 2.52. The van der Waals surface area contributed by atoms with E-state index in [-0.39, 0.29) is 5.82 Å². The number of hydrogen-bond donors (Lipinski definition) is 1. The quantitative estimate of drug-likeness (QED) is 0.920. The molecule has 2 aromatic rings. The minimum atomic E-state index is -0.190. The van der Waals surface area contributed by atoms with Crippen molar-refractivity contribution >= 4 is 11.4 Å². The molecule has 0 unspecified atom stereocenters. The molecule has 1 saturated heterocycles. The highest BCUT2D eigenvalue weighted by atomic mass is 19.1. The maximum absolute atomic E-state index is 12.9. The summed E-state index contributed by atoms with van der Waals surface area (Å²) in [5, 5.41) is 7.46. The number of hydrogen-bond acceptors (Lipinski definition) is 3. The topological polar surface area (TPSA) is 33.1 Å². The van der Waals surface area contributed by atoms with Crippen LogP contribution in [0.4, 0.5) is 15.8 Å². The second-order valence-corrected chi connectivity index (χ2v) is 4.82. The van der Waals surface area contributed by atoms with E-state index in [1.54, 1.807) is 0 Å². The molecule has 0 radical (unpaired) electrons. The fourth-order valence-corrected chi connectivity index (χ4v) is 2.51. The van der Waals surface area contributed by atoms with Crippen LogP contribution in [0.25, 0.3) is 0 Å². The zero-order valence-corrected chi connectivity index (χ0v) is 10.9. The van der Waals surface area contributed by atoms with Crippen molar-refractivity contribution in [2.75, 3.05) is 30.4 Å². The van der Waals surface area contributed by atoms with Gasteiger partial charge in [-0.05, 0) is 30.7 Å². The summed E-state index contributed by atoms with van der Waals surface area (Å²) in [6.45, 7) is 1.89. The van der Waals surface area contributed by atoms with Gasteiger partial charge in [0.25, 0.3) is 0 Å². The molecule has 100 valence electrons. The van der Waals surface area contributed by atoms with Gasteiger partial charge in [0.2, 0.25) is 0 Å². The Morgan fingerprint density at radius 3 is 2.79 bits per heavy atom. The molecule has 0 amide bonds. The van der Waals surface area contributed by atoms with Crippen LogP contribution < -0.4 is 10.2 Å². The summed E-state index contributed by atoms with van der Waals surface area (Å²) >= 11 is 0. The number of halogens is 1. The van der Waals surface area contributed by atoms with Crippen molar-refractivity contribution in [1.29, 1.82) is 0 Å². The molecular formula is C14H17FN4. The fourth-order valence-electron chi connectivity index (χ4n) is 2.51. The van der Waals surface area contributed by atoms with E-state index in [4.69, 9.17) is 0 Å². The fraction of sp³-hybridized carbons (Fsp3) is 0.357. The van der Waals surface area contributed by atoms with Crippen LogP contribution in [-0.2, 0) is 0 Å². The van der Waals surface area contributed by atoms with E-state index in [0.29, 0.717) is 6.04 Å². The minimum Gasteiger partial charge on any atom is -0.386 e. The Labute approximate surface area is 111 Å². The van der Waals surface area contributed by atoms with Crippen LogP contribution in [0.5, 0.6) is 0 Å². The Kier molecular flexibility index (Phi) is 3.11. The normalized spacial score (nSPS) is 18.8. The maximum atomic E-state index is 12.9. The van der Waals surface area contributed by atoms with Crippen molar-refractivity contribution in [1.82, 2.24) is 9.78 Å². The van der Waals surface area contributed by atoms with Gasteiger partial charge in [0, 0.05) is 32.0 Å². The molecule has 1 atom stereocenters. The molecule has 1 aromatic carbocycles. The molecule has 3 rings (SSSR count). The van der Waals surface area contributed by atoms with Crippen LogP contribution in [0.3, 0.4) is 0 Å². The number of nitrogens with one attached hydrogen (secondary N) is 1. The van der Waals surface area contributed by atoms with Crippen molar-refractivity contribution in [3.05, 3.63) is 42.5 Å². The summed E-state index contributed by atoms with van der Waals surface area (Å²) in [5.41, 5.74) is 2.10. The SMILES string of the molecule is CNc1cnn([C@@H]2CCN(c3ccc(F)cc3)C2)c1. The largest absolute Gasteiger partial charge is 0.386 e. The van der Waals surface area contributed by atoms with Gasteiger partial charge in [0.1, 0.15) is 5.82 Å². The van der Waals surface area contributed by atoms with E-state index in [1.165, 1.54) is 12.1 Å². The lowest BCUT2D eigenvalue weighted by Crippen LogP contribution is -2.20. The molecule has 1 fully saturated rings. The molecular weight excluding hydrogens is 243 g/mol. The van der Waals surface area contributed by atoms with Crippen molar-refractivity contribution in [2.45, 2.75) is 12.5 Å². The lowest BCUT2D eigenvalue weighted by Gasteiger charge is -2.18. The van der Waals surface area contributed by atoms with Gasteiger partial charge in [-0.15, -0.1) is 0 Å².